The molecule has 0 saturated carbocycles. The molecule has 0 radical (unpaired) electrons. The smallest absolute Gasteiger partial charge is 0.422 e. The molecule has 0 bridgehead atoms. The molecule has 0 saturated heterocycles. The van der Waals surface area contributed by atoms with E-state index in [9.17, 15) is 27.6 Å². The minimum absolute atomic E-state index is 0.322. The molecule has 0 amide bonds. The van der Waals surface area contributed by atoms with E-state index in [1.165, 1.54) is 0 Å². The molecule has 16 heavy (non-hydrogen) atoms. The molecule has 0 aromatic rings. The van der Waals surface area contributed by atoms with Crippen molar-refractivity contribution in [1.82, 2.24) is 0 Å². The first-order valence-corrected chi connectivity index (χ1v) is 3.97. The molecule has 5 nitrogen and oxygen atoms in total. The van der Waals surface area contributed by atoms with Crippen LogP contribution in [0.3, 0.4) is 0 Å². The van der Waals surface area contributed by atoms with E-state index >= 15 is 0 Å². The number of carbonyl (C=O) groups excluding carboxylic acids is 3. The maximum absolute atomic E-state index is 11.6. The largest absolute Gasteiger partial charge is 0.456 e. The van der Waals surface area contributed by atoms with Gasteiger partial charge in [-0.2, -0.15) is 13.2 Å². The summed E-state index contributed by atoms with van der Waals surface area (Å²) in [7, 11) is 0. The van der Waals surface area contributed by atoms with E-state index in [0.29, 0.717) is 0 Å². The molecule has 0 spiro atoms. The first-order chi connectivity index (χ1) is 7.28. The Balaban J connectivity index is 2.44. The molecule has 1 aliphatic heterocycles. The van der Waals surface area contributed by atoms with Crippen LogP contribution in [0.25, 0.3) is 0 Å². The topological polar surface area (TPSA) is 69.7 Å². The van der Waals surface area contributed by atoms with Gasteiger partial charge < -0.3 is 9.47 Å². The number of rotatable bonds is 3. The van der Waals surface area contributed by atoms with Crippen LogP contribution >= 0.6 is 0 Å². The van der Waals surface area contributed by atoms with Crippen molar-refractivity contribution < 1.29 is 37.0 Å². The molecule has 0 aliphatic carbocycles. The Morgan fingerprint density at radius 2 is 2.00 bits per heavy atom. The molecule has 1 heterocycles. The third-order valence-corrected chi connectivity index (χ3v) is 1.48. The van der Waals surface area contributed by atoms with Crippen LogP contribution in [0, 0.1) is 0 Å². The van der Waals surface area contributed by atoms with Gasteiger partial charge in [-0.3, -0.25) is 4.79 Å². The zero-order valence-corrected chi connectivity index (χ0v) is 7.67. The maximum atomic E-state index is 11.6. The number of ether oxygens (including phenoxy) is 2. The van der Waals surface area contributed by atoms with Crippen LogP contribution in [0.2, 0.25) is 0 Å². The molecule has 0 fully saturated rings. The second kappa shape index (κ2) is 4.33. The molecular weight excluding hydrogens is 233 g/mol. The lowest BCUT2D eigenvalue weighted by atomic mass is 10.2. The summed E-state index contributed by atoms with van der Waals surface area (Å²) in [6.45, 7) is -1.73. The lowest BCUT2D eigenvalue weighted by molar-refractivity contribution is -0.185. The van der Waals surface area contributed by atoms with E-state index in [1.807, 2.05) is 0 Å². The van der Waals surface area contributed by atoms with Crippen molar-refractivity contribution in [2.75, 3.05) is 6.61 Å². The highest BCUT2D eigenvalue weighted by molar-refractivity contribution is 6.10. The molecule has 0 N–H and O–H groups in total. The molecule has 0 unspecified atom stereocenters. The molecular formula is C8H5F3O5. The van der Waals surface area contributed by atoms with Crippen LogP contribution in [-0.2, 0) is 23.9 Å². The van der Waals surface area contributed by atoms with Gasteiger partial charge in [0.15, 0.2) is 6.61 Å². The second-order valence-corrected chi connectivity index (χ2v) is 2.83. The summed E-state index contributed by atoms with van der Waals surface area (Å²) in [6.07, 6.45) is -4.62. The van der Waals surface area contributed by atoms with Gasteiger partial charge in [-0.05, 0) is 0 Å². The van der Waals surface area contributed by atoms with Gasteiger partial charge in [0.25, 0.3) is 0 Å². The lowest BCUT2D eigenvalue weighted by Crippen LogP contribution is -2.21. The van der Waals surface area contributed by atoms with Crippen molar-refractivity contribution in [3.63, 3.8) is 0 Å². The van der Waals surface area contributed by atoms with E-state index in [1.54, 1.807) is 0 Å². The SMILES string of the molecule is O=C1C=C(CC(=O)OCC(F)(F)F)C(=O)O1. The number of halogens is 3. The monoisotopic (exact) mass is 238 g/mol. The third kappa shape index (κ3) is 3.71. The van der Waals surface area contributed by atoms with Gasteiger partial charge in [-0.1, -0.05) is 0 Å². The van der Waals surface area contributed by atoms with E-state index in [0.717, 1.165) is 6.08 Å². The van der Waals surface area contributed by atoms with Gasteiger partial charge in [0.2, 0.25) is 0 Å². The van der Waals surface area contributed by atoms with Gasteiger partial charge >= 0.3 is 24.1 Å². The minimum Gasteiger partial charge on any atom is -0.456 e. The van der Waals surface area contributed by atoms with E-state index in [2.05, 4.69) is 9.47 Å². The lowest BCUT2D eigenvalue weighted by Gasteiger charge is -2.06. The summed E-state index contributed by atoms with van der Waals surface area (Å²) in [4.78, 5) is 32.1. The first-order valence-electron chi connectivity index (χ1n) is 3.97. The summed E-state index contributed by atoms with van der Waals surface area (Å²) < 4.78 is 42.7. The van der Waals surface area contributed by atoms with Crippen molar-refractivity contribution in [3.05, 3.63) is 11.6 Å². The van der Waals surface area contributed by atoms with E-state index in [-0.39, 0.29) is 5.57 Å². The fraction of sp³-hybridized carbons (Fsp3) is 0.375. The maximum Gasteiger partial charge on any atom is 0.422 e. The predicted octanol–water partition coefficient (Wildman–Crippen LogP) is 0.492. The molecule has 0 aromatic heterocycles. The second-order valence-electron chi connectivity index (χ2n) is 2.83. The number of esters is 3. The number of cyclic esters (lactones) is 2. The van der Waals surface area contributed by atoms with E-state index in [4.69, 9.17) is 0 Å². The van der Waals surface area contributed by atoms with Crippen molar-refractivity contribution in [2.24, 2.45) is 0 Å². The third-order valence-electron chi connectivity index (χ3n) is 1.48. The highest BCUT2D eigenvalue weighted by Crippen LogP contribution is 2.17. The summed E-state index contributed by atoms with van der Waals surface area (Å²) in [6, 6.07) is 0. The summed E-state index contributed by atoms with van der Waals surface area (Å²) in [5, 5.41) is 0. The van der Waals surface area contributed by atoms with Crippen LogP contribution in [-0.4, -0.2) is 30.7 Å². The minimum atomic E-state index is -4.63. The number of hydrogen-bond donors (Lipinski definition) is 0. The normalized spacial score (nSPS) is 15.8. The number of alkyl halides is 3. The first kappa shape index (κ1) is 12.2. The Morgan fingerprint density at radius 1 is 1.38 bits per heavy atom. The number of hydrogen-bond acceptors (Lipinski definition) is 5. The highest BCUT2D eigenvalue weighted by atomic mass is 19.4. The molecule has 0 atom stereocenters. The van der Waals surface area contributed by atoms with E-state index < -0.39 is 37.1 Å². The number of carbonyl (C=O) groups is 3. The Morgan fingerprint density at radius 3 is 2.44 bits per heavy atom. The zero-order valence-electron chi connectivity index (χ0n) is 7.67. The van der Waals surface area contributed by atoms with Gasteiger partial charge in [0.05, 0.1) is 12.0 Å². The molecule has 1 rings (SSSR count). The van der Waals surface area contributed by atoms with Crippen molar-refractivity contribution >= 4 is 17.9 Å². The van der Waals surface area contributed by atoms with Crippen molar-refractivity contribution in [2.45, 2.75) is 12.6 Å². The van der Waals surface area contributed by atoms with Crippen LogP contribution in [0.5, 0.6) is 0 Å². The summed E-state index contributed by atoms with van der Waals surface area (Å²) in [5.41, 5.74) is -0.322. The molecule has 8 heteroatoms. The standard InChI is InChI=1S/C8H5F3O5/c9-8(10,11)3-15-5(12)1-4-2-6(13)16-7(4)14/h2H,1,3H2. The fourth-order valence-corrected chi connectivity index (χ4v) is 0.880. The zero-order chi connectivity index (χ0) is 12.3. The van der Waals surface area contributed by atoms with Crippen molar-refractivity contribution in [3.8, 4) is 0 Å². The highest BCUT2D eigenvalue weighted by Gasteiger charge is 2.31. The van der Waals surface area contributed by atoms with Gasteiger partial charge in [0.1, 0.15) is 0 Å². The fourth-order valence-electron chi connectivity index (χ4n) is 0.880. The predicted molar refractivity (Wildman–Crippen MR) is 40.8 cm³/mol. The van der Waals surface area contributed by atoms with Gasteiger partial charge in [-0.25, -0.2) is 9.59 Å². The van der Waals surface area contributed by atoms with Crippen LogP contribution in [0.15, 0.2) is 11.6 Å². The van der Waals surface area contributed by atoms with Crippen LogP contribution in [0.4, 0.5) is 13.2 Å². The Bertz CT molecular complexity index is 368. The molecule has 0 aromatic carbocycles. The summed E-state index contributed by atoms with van der Waals surface area (Å²) >= 11 is 0. The van der Waals surface area contributed by atoms with Crippen LogP contribution < -0.4 is 0 Å². The average Bonchev–Trinajstić information content (AvgIpc) is 2.41. The summed E-state index contributed by atoms with van der Waals surface area (Å²) in [5.74, 6) is -3.26. The molecule has 88 valence electrons. The Hall–Kier alpha value is -1.86. The van der Waals surface area contributed by atoms with Crippen molar-refractivity contribution in [1.29, 1.82) is 0 Å². The quantitative estimate of drug-likeness (QED) is 0.528. The van der Waals surface area contributed by atoms with Crippen LogP contribution in [0.1, 0.15) is 6.42 Å². The molecule has 1 aliphatic rings. The van der Waals surface area contributed by atoms with Gasteiger partial charge in [0, 0.05) is 6.08 Å². The average molecular weight is 238 g/mol. The Kier molecular flexibility index (Phi) is 3.31. The Labute approximate surface area is 86.8 Å². The van der Waals surface area contributed by atoms with Gasteiger partial charge in [-0.15, -0.1) is 0 Å².